The fourth-order valence-electron chi connectivity index (χ4n) is 16.2. The average Bonchev–Trinajstić information content (AvgIpc) is 1.67. The van der Waals surface area contributed by atoms with Crippen molar-refractivity contribution in [3.05, 3.63) is 53.6 Å². The van der Waals surface area contributed by atoms with Gasteiger partial charge in [0, 0.05) is 63.2 Å². The zero-order valence-electron chi connectivity index (χ0n) is 50.2. The highest BCUT2D eigenvalue weighted by molar-refractivity contribution is 5.87. The van der Waals surface area contributed by atoms with Crippen LogP contribution in [0, 0.1) is 22.7 Å². The summed E-state index contributed by atoms with van der Waals surface area (Å²) in [6.45, 7) is 11.9. The lowest BCUT2D eigenvalue weighted by Crippen LogP contribution is -2.75. The monoisotopic (exact) mass is 1200 g/mol. The van der Waals surface area contributed by atoms with Crippen molar-refractivity contribution in [3.8, 4) is 0 Å². The quantitative estimate of drug-likeness (QED) is 0.0631. The summed E-state index contributed by atoms with van der Waals surface area (Å²) in [6, 6.07) is 9.38. The van der Waals surface area contributed by atoms with E-state index in [1.54, 1.807) is 34.0 Å². The highest BCUT2D eigenvalue weighted by Crippen LogP contribution is 2.70. The Kier molecular flexibility index (Phi) is 20.0. The Morgan fingerprint density at radius 2 is 1.20 bits per heavy atom. The number of Topliss-reactive ketones (excluding diaryl/α,β-unsaturated/α-hetero) is 1. The van der Waals surface area contributed by atoms with Crippen molar-refractivity contribution in [1.29, 1.82) is 0 Å². The third-order valence-corrected chi connectivity index (χ3v) is 20.9. The maximum Gasteiger partial charge on any atom is 0.331 e. The van der Waals surface area contributed by atoms with Gasteiger partial charge >= 0.3 is 5.97 Å². The maximum atomic E-state index is 13.6. The lowest BCUT2D eigenvalue weighted by atomic mass is 9.43. The largest absolute Gasteiger partial charge is 0.458 e. The lowest BCUT2D eigenvalue weighted by molar-refractivity contribution is -0.358. The molecule has 8 N–H and O–H groups in total. The van der Waals surface area contributed by atoms with E-state index in [2.05, 4.69) is 6.92 Å². The predicted octanol–water partition coefficient (Wildman–Crippen LogP) is 2.64. The molecule has 5 saturated heterocycles. The Balaban J connectivity index is 0.700. The normalized spacial score (nSPS) is 49.3. The molecule has 0 radical (unpaired) electrons. The Morgan fingerprint density at radius 1 is 0.659 bits per heavy atom. The summed E-state index contributed by atoms with van der Waals surface area (Å²) in [5.41, 5.74) is -3.26. The second-order valence-corrected chi connectivity index (χ2v) is 25.9. The number of aliphatic hydroxyl groups is 8. The van der Waals surface area contributed by atoms with Gasteiger partial charge in [0.25, 0.3) is 0 Å². The Morgan fingerprint density at radius 3 is 1.75 bits per heavy atom. The summed E-state index contributed by atoms with van der Waals surface area (Å²) in [4.78, 5) is 26.9. The van der Waals surface area contributed by atoms with Gasteiger partial charge in [-0.2, -0.15) is 0 Å². The number of benzene rings is 1. The molecule has 23 heteroatoms. The minimum Gasteiger partial charge on any atom is -0.458 e. The summed E-state index contributed by atoms with van der Waals surface area (Å²) in [6.07, 6.45) is -12.2. The van der Waals surface area contributed by atoms with Crippen molar-refractivity contribution in [2.45, 2.75) is 272 Å². The van der Waals surface area contributed by atoms with Gasteiger partial charge in [-0.3, -0.25) is 4.79 Å². The number of methoxy groups -OCH3 is 2. The molecule has 5 heterocycles. The molecule has 0 unspecified atom stereocenters. The van der Waals surface area contributed by atoms with Crippen LogP contribution in [0.25, 0.3) is 6.08 Å². The molecule has 478 valence electrons. The fourth-order valence-corrected chi connectivity index (χ4v) is 16.2. The molecule has 0 aromatic heterocycles. The van der Waals surface area contributed by atoms with Crippen molar-refractivity contribution in [2.24, 2.45) is 22.7 Å². The van der Waals surface area contributed by atoms with E-state index in [0.717, 1.165) is 11.1 Å². The topological polar surface area (TPSA) is 316 Å². The Labute approximate surface area is 497 Å². The van der Waals surface area contributed by atoms with Crippen LogP contribution in [-0.4, -0.2) is 226 Å². The van der Waals surface area contributed by atoms with Crippen LogP contribution in [0.15, 0.2) is 48.1 Å². The van der Waals surface area contributed by atoms with Gasteiger partial charge < -0.3 is 102 Å². The van der Waals surface area contributed by atoms with E-state index in [9.17, 15) is 50.4 Å². The molecule has 0 amide bonds. The van der Waals surface area contributed by atoms with E-state index in [0.29, 0.717) is 25.7 Å². The van der Waals surface area contributed by atoms with Crippen LogP contribution >= 0.6 is 0 Å². The zero-order chi connectivity index (χ0) is 61.1. The van der Waals surface area contributed by atoms with Crippen LogP contribution in [0.4, 0.5) is 0 Å². The van der Waals surface area contributed by atoms with Crippen molar-refractivity contribution in [1.82, 2.24) is 0 Å². The number of carbonyl (C=O) groups excluding carboxylic acids is 2. The minimum absolute atomic E-state index is 0.0278. The van der Waals surface area contributed by atoms with Gasteiger partial charge in [0.2, 0.25) is 0 Å². The number of ether oxygens (including phenoxy) is 13. The number of rotatable bonds is 17. The fraction of sp³-hybridized carbons (Fsp3) is 0.806. The first kappa shape index (κ1) is 65.0. The lowest BCUT2D eigenvalue weighted by Gasteiger charge is -2.66. The molecule has 4 aliphatic carbocycles. The SMILES string of the molecule is CO[C@H]1C[C@H](O[C@H]2[C@@H](O)C[C@H](O[C@H]3[C@@H](O)C[C@H](O[C@H]4CC[C@@]5(C)C(=CC[C@]6(O)[C@@H]5C[C@@H](OC(=O)/C=C/c5ccccc5)[C@]5(C)[C@H](C(C)=O)CC[C@@]56O)C4)O[C@@H]3C)O[C@@H]2C)O[C@H](C)[C@H]1O[C@H]1C[C@@H](OC)[C@H](O[C@@H]2O[C@H](CO)[C@@H](O)[C@H](O)[C@H]2O)[C@@H](C)O1. The highest BCUT2D eigenvalue weighted by Gasteiger charge is 2.77. The number of aliphatic hydroxyl groups excluding tert-OH is 6. The minimum atomic E-state index is -1.72. The molecule has 85 heavy (non-hydrogen) atoms. The number of ketones is 1. The summed E-state index contributed by atoms with van der Waals surface area (Å²) in [5, 5.41) is 89.9. The van der Waals surface area contributed by atoms with E-state index in [4.69, 9.17) is 61.6 Å². The second kappa shape index (κ2) is 26.1. The second-order valence-electron chi connectivity index (χ2n) is 25.9. The highest BCUT2D eigenvalue weighted by atomic mass is 16.8. The molecule has 8 fully saturated rings. The maximum absolute atomic E-state index is 13.6. The number of hydrogen-bond donors (Lipinski definition) is 8. The van der Waals surface area contributed by atoms with E-state index < -0.39 is 182 Å². The van der Waals surface area contributed by atoms with E-state index >= 15 is 0 Å². The Hall–Kier alpha value is -2.96. The van der Waals surface area contributed by atoms with Crippen molar-refractivity contribution < 1.29 is 112 Å². The molecule has 23 nitrogen and oxygen atoms in total. The molecule has 0 bridgehead atoms. The molecule has 9 aliphatic rings. The summed E-state index contributed by atoms with van der Waals surface area (Å²) >= 11 is 0. The van der Waals surface area contributed by atoms with E-state index in [1.807, 2.05) is 50.3 Å². The van der Waals surface area contributed by atoms with Crippen LogP contribution in [0.2, 0.25) is 0 Å². The molecule has 5 aliphatic heterocycles. The van der Waals surface area contributed by atoms with Gasteiger partial charge in [-0.25, -0.2) is 4.79 Å². The van der Waals surface area contributed by atoms with Gasteiger partial charge in [-0.05, 0) is 96.6 Å². The van der Waals surface area contributed by atoms with Gasteiger partial charge in [0.15, 0.2) is 31.5 Å². The number of hydrogen-bond acceptors (Lipinski definition) is 23. The van der Waals surface area contributed by atoms with E-state index in [1.165, 1.54) is 20.1 Å². The van der Waals surface area contributed by atoms with Crippen molar-refractivity contribution >= 4 is 17.8 Å². The first-order valence-corrected chi connectivity index (χ1v) is 30.6. The van der Waals surface area contributed by atoms with E-state index in [-0.39, 0.29) is 56.8 Å². The number of carbonyl (C=O) groups is 2. The standard InChI is InChI=1S/C62H92O23/c1-30(64)38-19-22-62(72)60(38,7)45(81-46(67)16-15-35-13-11-10-12-14-35)28-44-59(6)20-18-37(23-36(59)17-21-61(44,62)71)79-47-24-39(65)54(31(2)75-47)82-48-25-40(66)55(32(3)76-48)83-49-26-41(73-8)56(33(4)77-49)84-50-27-42(74-9)57(34(5)78-50)85-58-53(70)52(69)51(68)43(29-63)80-58/h10-17,31-34,37-45,47-58,63,65-66,68-72H,18-29H2,1-9H3/b16-15+/t31-,32-,33-,34-,37+,38+,39+,40+,41+,42-,43-,44-,45-,47+,48+,49+,50+,51-,52+,53-,54-,55-,56-,57-,58+,59+,60+,61+,62-/m1/s1. The molecular weight excluding hydrogens is 1110 g/mol. The number of fused-ring (bicyclic) bond motifs is 5. The van der Waals surface area contributed by atoms with Gasteiger partial charge in [-0.15, -0.1) is 0 Å². The predicted molar refractivity (Wildman–Crippen MR) is 297 cm³/mol. The molecule has 1 aromatic rings. The van der Waals surface area contributed by atoms with Crippen LogP contribution in [0.1, 0.15) is 125 Å². The average molecular weight is 1210 g/mol. The molecule has 0 spiro atoms. The third kappa shape index (κ3) is 12.4. The van der Waals surface area contributed by atoms with Crippen LogP contribution in [0.5, 0.6) is 0 Å². The van der Waals surface area contributed by atoms with Crippen LogP contribution in [-0.2, 0) is 71.2 Å². The van der Waals surface area contributed by atoms with Crippen molar-refractivity contribution in [3.63, 3.8) is 0 Å². The molecular formula is C62H92O23. The third-order valence-electron chi connectivity index (χ3n) is 20.9. The summed E-state index contributed by atoms with van der Waals surface area (Å²) in [5.74, 6) is -1.82. The molecule has 10 rings (SSSR count). The molecule has 29 atom stereocenters. The molecule has 3 saturated carbocycles. The van der Waals surface area contributed by atoms with Gasteiger partial charge in [0.05, 0.1) is 61.5 Å². The first-order chi connectivity index (χ1) is 40.3. The number of esters is 1. The van der Waals surface area contributed by atoms with Gasteiger partial charge in [0.1, 0.15) is 71.9 Å². The summed E-state index contributed by atoms with van der Waals surface area (Å²) < 4.78 is 80.7. The Bertz CT molecular complexity index is 2480. The summed E-state index contributed by atoms with van der Waals surface area (Å²) in [7, 11) is 3.05. The molecule has 1 aromatic carbocycles. The smallest absolute Gasteiger partial charge is 0.331 e. The van der Waals surface area contributed by atoms with Crippen LogP contribution < -0.4 is 0 Å². The van der Waals surface area contributed by atoms with Crippen LogP contribution in [0.3, 0.4) is 0 Å². The van der Waals surface area contributed by atoms with Crippen molar-refractivity contribution in [2.75, 3.05) is 20.8 Å². The first-order valence-electron chi connectivity index (χ1n) is 30.6. The zero-order valence-corrected chi connectivity index (χ0v) is 50.2. The van der Waals surface area contributed by atoms with Gasteiger partial charge in [-0.1, -0.05) is 55.8 Å².